The van der Waals surface area contributed by atoms with Crippen LogP contribution >= 0.6 is 0 Å². The Morgan fingerprint density at radius 2 is 1.80 bits per heavy atom. The van der Waals surface area contributed by atoms with Crippen molar-refractivity contribution in [2.45, 2.75) is 51.7 Å². The predicted molar refractivity (Wildman–Crippen MR) is 113 cm³/mol. The van der Waals surface area contributed by atoms with E-state index in [1.165, 1.54) is 5.56 Å². The van der Waals surface area contributed by atoms with Crippen LogP contribution in [0.15, 0.2) is 59.0 Å². The highest BCUT2D eigenvalue weighted by Gasteiger charge is 2.43. The fourth-order valence-electron chi connectivity index (χ4n) is 4.06. The van der Waals surface area contributed by atoms with Crippen molar-refractivity contribution in [3.63, 3.8) is 0 Å². The number of amides is 1. The van der Waals surface area contributed by atoms with Gasteiger partial charge in [-0.3, -0.25) is 0 Å². The van der Waals surface area contributed by atoms with Crippen LogP contribution in [0.1, 0.15) is 54.3 Å². The maximum absolute atomic E-state index is 13.1. The summed E-state index contributed by atoms with van der Waals surface area (Å²) in [6.07, 6.45) is 1.56. The van der Waals surface area contributed by atoms with E-state index in [9.17, 15) is 4.79 Å². The summed E-state index contributed by atoms with van der Waals surface area (Å²) in [7, 11) is 0. The number of aryl methyl sites for hydroxylation is 3. The van der Waals surface area contributed by atoms with Gasteiger partial charge in [-0.15, -0.1) is 10.2 Å². The summed E-state index contributed by atoms with van der Waals surface area (Å²) >= 11 is 0. The molecular formula is C24H27N3O3. The van der Waals surface area contributed by atoms with E-state index in [0.717, 1.165) is 11.1 Å². The van der Waals surface area contributed by atoms with Crippen molar-refractivity contribution in [1.29, 1.82) is 0 Å². The molecule has 0 N–H and O–H groups in total. The van der Waals surface area contributed by atoms with Crippen LogP contribution in [0.5, 0.6) is 0 Å². The van der Waals surface area contributed by atoms with Gasteiger partial charge in [-0.05, 0) is 25.0 Å². The first-order valence-corrected chi connectivity index (χ1v) is 10.4. The lowest BCUT2D eigenvalue weighted by atomic mass is 9.84. The van der Waals surface area contributed by atoms with E-state index in [4.69, 9.17) is 9.15 Å². The van der Waals surface area contributed by atoms with Crippen molar-refractivity contribution in [3.8, 4) is 0 Å². The van der Waals surface area contributed by atoms with Gasteiger partial charge in [0.25, 0.3) is 0 Å². The SMILES string of the molecule is Cc1ccc(C(C)N2CCC(CCc3nnc(C)o3)(c3ccccc3)OC2=O)cc1. The van der Waals surface area contributed by atoms with Gasteiger partial charge in [-0.2, -0.15) is 0 Å². The van der Waals surface area contributed by atoms with Crippen molar-refractivity contribution < 1.29 is 13.9 Å². The third-order valence-corrected chi connectivity index (χ3v) is 5.91. The molecule has 4 rings (SSSR count). The second-order valence-corrected chi connectivity index (χ2v) is 7.97. The van der Waals surface area contributed by atoms with Crippen LogP contribution in [0.3, 0.4) is 0 Å². The molecule has 0 spiro atoms. The molecule has 6 nitrogen and oxygen atoms in total. The Labute approximate surface area is 176 Å². The Kier molecular flexibility index (Phi) is 5.57. The molecule has 0 bridgehead atoms. The lowest BCUT2D eigenvalue weighted by Gasteiger charge is -2.43. The number of hydrogen-bond donors (Lipinski definition) is 0. The molecule has 2 atom stereocenters. The van der Waals surface area contributed by atoms with E-state index < -0.39 is 5.60 Å². The summed E-state index contributed by atoms with van der Waals surface area (Å²) < 4.78 is 11.7. The van der Waals surface area contributed by atoms with Crippen LogP contribution in [0, 0.1) is 13.8 Å². The molecule has 1 fully saturated rings. The Bertz CT molecular complexity index is 1000. The van der Waals surface area contributed by atoms with Crippen LogP contribution < -0.4 is 0 Å². The minimum absolute atomic E-state index is 0.0505. The van der Waals surface area contributed by atoms with E-state index in [1.807, 2.05) is 42.2 Å². The molecule has 3 aromatic rings. The van der Waals surface area contributed by atoms with Crippen LogP contribution in [-0.2, 0) is 16.8 Å². The smallest absolute Gasteiger partial charge is 0.411 e. The second kappa shape index (κ2) is 8.30. The molecule has 1 aromatic heterocycles. The van der Waals surface area contributed by atoms with Crippen LogP contribution in [0.2, 0.25) is 0 Å². The van der Waals surface area contributed by atoms with Crippen molar-refractivity contribution in [3.05, 3.63) is 83.1 Å². The molecule has 2 unspecified atom stereocenters. The standard InChI is InChI=1S/C24H27N3O3/c1-17-9-11-20(12-10-17)18(2)27-16-15-24(30-23(27)28,21-7-5-4-6-8-21)14-13-22-26-25-19(3)29-22/h4-12,18H,13-16H2,1-3H3. The summed E-state index contributed by atoms with van der Waals surface area (Å²) in [5.74, 6) is 1.10. The third kappa shape index (κ3) is 4.08. The quantitative estimate of drug-likeness (QED) is 0.569. The first-order valence-electron chi connectivity index (χ1n) is 10.4. The lowest BCUT2D eigenvalue weighted by Crippen LogP contribution is -2.49. The monoisotopic (exact) mass is 405 g/mol. The molecule has 0 saturated carbocycles. The number of ether oxygens (including phenoxy) is 1. The molecule has 1 amide bonds. The van der Waals surface area contributed by atoms with Gasteiger partial charge in [0.1, 0.15) is 5.60 Å². The highest BCUT2D eigenvalue weighted by molar-refractivity contribution is 5.70. The number of hydrogen-bond acceptors (Lipinski definition) is 5. The zero-order chi connectivity index (χ0) is 21.1. The first kappa shape index (κ1) is 20.1. The molecule has 1 aliphatic heterocycles. The minimum Gasteiger partial charge on any atom is -0.438 e. The molecule has 0 radical (unpaired) electrons. The van der Waals surface area contributed by atoms with Gasteiger partial charge < -0.3 is 14.1 Å². The van der Waals surface area contributed by atoms with E-state index in [0.29, 0.717) is 37.6 Å². The van der Waals surface area contributed by atoms with Gasteiger partial charge in [0.05, 0.1) is 6.04 Å². The molecule has 1 saturated heterocycles. The second-order valence-electron chi connectivity index (χ2n) is 7.97. The number of aromatic nitrogens is 2. The van der Waals surface area contributed by atoms with Crippen LogP contribution in [0.25, 0.3) is 0 Å². The number of nitrogens with zero attached hydrogens (tertiary/aromatic N) is 3. The minimum atomic E-state index is -0.704. The topological polar surface area (TPSA) is 68.5 Å². The summed E-state index contributed by atoms with van der Waals surface area (Å²) in [6, 6.07) is 18.2. The van der Waals surface area contributed by atoms with E-state index in [1.54, 1.807) is 6.92 Å². The summed E-state index contributed by atoms with van der Waals surface area (Å²) in [5, 5.41) is 8.00. The number of cyclic esters (lactones) is 1. The number of carbonyl (C=O) groups is 1. The van der Waals surface area contributed by atoms with E-state index in [-0.39, 0.29) is 12.1 Å². The van der Waals surface area contributed by atoms with Crippen molar-refractivity contribution in [1.82, 2.24) is 15.1 Å². The average Bonchev–Trinajstić information content (AvgIpc) is 3.18. The largest absolute Gasteiger partial charge is 0.438 e. The van der Waals surface area contributed by atoms with Crippen LogP contribution in [-0.4, -0.2) is 27.7 Å². The van der Waals surface area contributed by atoms with Gasteiger partial charge in [-0.1, -0.05) is 60.2 Å². The Balaban J connectivity index is 1.55. The highest BCUT2D eigenvalue weighted by Crippen LogP contribution is 2.40. The van der Waals surface area contributed by atoms with Crippen LogP contribution in [0.4, 0.5) is 4.79 Å². The highest BCUT2D eigenvalue weighted by atomic mass is 16.6. The fraction of sp³-hybridized carbons (Fsp3) is 0.375. The third-order valence-electron chi connectivity index (χ3n) is 5.91. The van der Waals surface area contributed by atoms with Crippen molar-refractivity contribution in [2.24, 2.45) is 0 Å². The Hall–Kier alpha value is -3.15. The zero-order valence-electron chi connectivity index (χ0n) is 17.7. The molecule has 2 aromatic carbocycles. The van der Waals surface area contributed by atoms with E-state index >= 15 is 0 Å². The van der Waals surface area contributed by atoms with Crippen molar-refractivity contribution >= 4 is 6.09 Å². The molecule has 2 heterocycles. The maximum atomic E-state index is 13.1. The lowest BCUT2D eigenvalue weighted by molar-refractivity contribution is -0.0660. The molecular weight excluding hydrogens is 378 g/mol. The maximum Gasteiger partial charge on any atom is 0.411 e. The molecule has 6 heteroatoms. The Morgan fingerprint density at radius 1 is 1.07 bits per heavy atom. The Morgan fingerprint density at radius 3 is 2.43 bits per heavy atom. The zero-order valence-corrected chi connectivity index (χ0v) is 17.7. The molecule has 1 aliphatic rings. The van der Waals surface area contributed by atoms with Gasteiger partial charge in [0, 0.05) is 32.7 Å². The van der Waals surface area contributed by atoms with Gasteiger partial charge >= 0.3 is 6.09 Å². The number of rotatable bonds is 6. The summed E-state index contributed by atoms with van der Waals surface area (Å²) in [4.78, 5) is 14.9. The van der Waals surface area contributed by atoms with Gasteiger partial charge in [-0.25, -0.2) is 4.79 Å². The molecule has 156 valence electrons. The normalized spacial score (nSPS) is 20.1. The molecule has 30 heavy (non-hydrogen) atoms. The fourth-order valence-corrected chi connectivity index (χ4v) is 4.06. The molecule has 0 aliphatic carbocycles. The van der Waals surface area contributed by atoms with E-state index in [2.05, 4.69) is 41.4 Å². The van der Waals surface area contributed by atoms with Crippen molar-refractivity contribution in [2.75, 3.05) is 6.54 Å². The first-order chi connectivity index (χ1) is 14.5. The predicted octanol–water partition coefficient (Wildman–Crippen LogP) is 5.12. The summed E-state index contributed by atoms with van der Waals surface area (Å²) in [5.41, 5.74) is 2.60. The number of carbonyl (C=O) groups excluding carboxylic acids is 1. The average molecular weight is 405 g/mol. The summed E-state index contributed by atoms with van der Waals surface area (Å²) in [6.45, 7) is 6.49. The number of benzene rings is 2. The van der Waals surface area contributed by atoms with Gasteiger partial charge in [0.2, 0.25) is 11.8 Å². The van der Waals surface area contributed by atoms with Gasteiger partial charge in [0.15, 0.2) is 0 Å².